The van der Waals surface area contributed by atoms with Gasteiger partial charge in [-0.3, -0.25) is 14.6 Å². The number of nitrogens with one attached hydrogen (secondary N) is 2. The maximum absolute atomic E-state index is 12.8. The molecular formula is C23H21Cl2N5O. The zero-order chi connectivity index (χ0) is 22.1. The van der Waals surface area contributed by atoms with Crippen molar-refractivity contribution in [3.63, 3.8) is 0 Å². The maximum atomic E-state index is 12.8. The summed E-state index contributed by atoms with van der Waals surface area (Å²) in [6.45, 7) is 6.26. The number of nitrogens with zero attached hydrogens (tertiary/aromatic N) is 3. The highest BCUT2D eigenvalue weighted by molar-refractivity contribution is 6.35. The lowest BCUT2D eigenvalue weighted by atomic mass is 10.1. The molecule has 0 saturated heterocycles. The van der Waals surface area contributed by atoms with Crippen molar-refractivity contribution in [3.05, 3.63) is 86.8 Å². The van der Waals surface area contributed by atoms with Crippen LogP contribution < -0.4 is 5.32 Å². The van der Waals surface area contributed by atoms with E-state index in [-0.39, 0.29) is 5.91 Å². The fourth-order valence-corrected chi connectivity index (χ4v) is 3.80. The van der Waals surface area contributed by atoms with E-state index in [0.29, 0.717) is 39.4 Å². The van der Waals surface area contributed by atoms with Crippen LogP contribution in [0.5, 0.6) is 0 Å². The lowest BCUT2D eigenvalue weighted by Gasteiger charge is -2.08. The third-order valence-electron chi connectivity index (χ3n) is 5.13. The van der Waals surface area contributed by atoms with Crippen molar-refractivity contribution in [2.75, 3.05) is 5.32 Å². The second-order valence-electron chi connectivity index (χ2n) is 7.43. The van der Waals surface area contributed by atoms with Crippen molar-refractivity contribution in [2.45, 2.75) is 27.3 Å². The third kappa shape index (κ3) is 4.50. The monoisotopic (exact) mass is 453 g/mol. The Bertz CT molecular complexity index is 1260. The third-order valence-corrected chi connectivity index (χ3v) is 5.71. The highest BCUT2D eigenvalue weighted by Crippen LogP contribution is 2.26. The minimum atomic E-state index is -0.277. The van der Waals surface area contributed by atoms with Crippen LogP contribution in [-0.4, -0.2) is 25.9 Å². The van der Waals surface area contributed by atoms with Gasteiger partial charge in [-0.05, 0) is 44.5 Å². The van der Waals surface area contributed by atoms with Crippen LogP contribution in [0.15, 0.2) is 48.5 Å². The predicted molar refractivity (Wildman–Crippen MR) is 124 cm³/mol. The summed E-state index contributed by atoms with van der Waals surface area (Å²) in [6.07, 6.45) is 0. The summed E-state index contributed by atoms with van der Waals surface area (Å²) in [5.41, 5.74) is 6.31. The predicted octanol–water partition coefficient (Wildman–Crippen LogP) is 5.81. The average Bonchev–Trinajstić information content (AvgIpc) is 3.32. The highest BCUT2D eigenvalue weighted by Gasteiger charge is 2.18. The molecule has 0 bridgehead atoms. The fraction of sp³-hybridized carbons (Fsp3) is 0.174. The summed E-state index contributed by atoms with van der Waals surface area (Å²) in [5, 5.41) is 15.8. The van der Waals surface area contributed by atoms with Gasteiger partial charge in [0.05, 0.1) is 29.3 Å². The van der Waals surface area contributed by atoms with E-state index in [4.69, 9.17) is 23.2 Å². The first-order valence-corrected chi connectivity index (χ1v) is 10.5. The molecule has 0 saturated carbocycles. The molecule has 2 aromatic heterocycles. The number of aryl methyl sites for hydroxylation is 2. The van der Waals surface area contributed by atoms with Crippen molar-refractivity contribution < 1.29 is 4.79 Å². The highest BCUT2D eigenvalue weighted by atomic mass is 35.5. The Morgan fingerprint density at radius 2 is 1.81 bits per heavy atom. The zero-order valence-electron chi connectivity index (χ0n) is 17.3. The minimum absolute atomic E-state index is 0.277. The summed E-state index contributed by atoms with van der Waals surface area (Å²) in [5.74, 6) is -0.277. The van der Waals surface area contributed by atoms with Crippen LogP contribution in [0.2, 0.25) is 10.0 Å². The van der Waals surface area contributed by atoms with Crippen molar-refractivity contribution in [1.82, 2.24) is 20.0 Å². The van der Waals surface area contributed by atoms with Crippen LogP contribution in [-0.2, 0) is 6.54 Å². The zero-order valence-corrected chi connectivity index (χ0v) is 18.8. The van der Waals surface area contributed by atoms with Gasteiger partial charge in [-0.25, -0.2) is 0 Å². The lowest BCUT2D eigenvalue weighted by Crippen LogP contribution is -2.14. The van der Waals surface area contributed by atoms with Gasteiger partial charge in [-0.15, -0.1) is 0 Å². The number of benzene rings is 2. The van der Waals surface area contributed by atoms with Crippen molar-refractivity contribution in [1.29, 1.82) is 0 Å². The first kappa shape index (κ1) is 21.2. The van der Waals surface area contributed by atoms with E-state index >= 15 is 0 Å². The van der Waals surface area contributed by atoms with E-state index in [1.165, 1.54) is 5.56 Å². The second kappa shape index (κ2) is 8.57. The Morgan fingerprint density at radius 1 is 1.06 bits per heavy atom. The summed E-state index contributed by atoms with van der Waals surface area (Å²) < 4.78 is 1.81. The summed E-state index contributed by atoms with van der Waals surface area (Å²) in [6, 6.07) is 15.1. The first-order chi connectivity index (χ1) is 14.8. The fourth-order valence-electron chi connectivity index (χ4n) is 3.33. The molecule has 0 spiro atoms. The number of H-pyrrole nitrogens is 1. The molecular weight excluding hydrogens is 433 g/mol. The van der Waals surface area contributed by atoms with Crippen LogP contribution in [0.25, 0.3) is 11.3 Å². The van der Waals surface area contributed by atoms with Crippen molar-refractivity contribution >= 4 is 34.8 Å². The summed E-state index contributed by atoms with van der Waals surface area (Å²) in [7, 11) is 0. The Kier molecular flexibility index (Phi) is 5.85. The largest absolute Gasteiger partial charge is 0.318 e. The molecule has 2 heterocycles. The normalized spacial score (nSPS) is 11.0. The molecule has 4 rings (SSSR count). The number of carbonyl (C=O) groups excluding carboxylic acids is 1. The first-order valence-electron chi connectivity index (χ1n) is 9.73. The van der Waals surface area contributed by atoms with E-state index in [1.807, 2.05) is 55.8 Å². The number of aromatic nitrogens is 4. The Balaban J connectivity index is 1.53. The van der Waals surface area contributed by atoms with E-state index in [2.05, 4.69) is 20.6 Å². The molecule has 0 fully saturated rings. The van der Waals surface area contributed by atoms with Crippen LogP contribution in [0, 0.1) is 20.8 Å². The standard InChI is InChI=1S/C23H21Cl2N5O/c1-13-4-6-16(7-5-13)20-11-21(28-27-20)23(31)26-22-14(2)29-30(15(22)3)12-17-8-9-18(24)10-19(17)25/h4-11H,12H2,1-3H3,(H,26,31)(H,27,28). The van der Waals surface area contributed by atoms with Crippen molar-refractivity contribution in [2.24, 2.45) is 0 Å². The number of aromatic amines is 1. The van der Waals surface area contributed by atoms with Gasteiger partial charge in [0.1, 0.15) is 5.69 Å². The Morgan fingerprint density at radius 3 is 2.52 bits per heavy atom. The van der Waals surface area contributed by atoms with Gasteiger partial charge >= 0.3 is 0 Å². The maximum Gasteiger partial charge on any atom is 0.273 e. The number of anilines is 1. The molecule has 0 radical (unpaired) electrons. The molecule has 158 valence electrons. The van der Waals surface area contributed by atoms with Gasteiger partial charge in [0.15, 0.2) is 0 Å². The number of hydrogen-bond donors (Lipinski definition) is 2. The van der Waals surface area contributed by atoms with Crippen LogP contribution >= 0.6 is 23.2 Å². The smallest absolute Gasteiger partial charge is 0.273 e. The van der Waals surface area contributed by atoms with Crippen molar-refractivity contribution in [3.8, 4) is 11.3 Å². The number of amides is 1. The number of halogens is 2. The Hall–Kier alpha value is -3.09. The van der Waals surface area contributed by atoms with Gasteiger partial charge in [-0.1, -0.05) is 59.1 Å². The second-order valence-corrected chi connectivity index (χ2v) is 8.27. The number of hydrogen-bond acceptors (Lipinski definition) is 3. The van der Waals surface area contributed by atoms with Crippen LogP contribution in [0.4, 0.5) is 5.69 Å². The molecule has 1 amide bonds. The molecule has 0 aliphatic rings. The van der Waals surface area contributed by atoms with Gasteiger partial charge in [0, 0.05) is 15.6 Å². The topological polar surface area (TPSA) is 75.6 Å². The van der Waals surface area contributed by atoms with Gasteiger partial charge in [-0.2, -0.15) is 10.2 Å². The molecule has 4 aromatic rings. The van der Waals surface area contributed by atoms with Gasteiger partial charge in [0.2, 0.25) is 0 Å². The Labute approximate surface area is 190 Å². The summed E-state index contributed by atoms with van der Waals surface area (Å²) in [4.78, 5) is 12.8. The number of rotatable bonds is 5. The van der Waals surface area contributed by atoms with E-state index in [0.717, 1.165) is 16.8 Å². The average molecular weight is 454 g/mol. The van der Waals surface area contributed by atoms with Crippen LogP contribution in [0.1, 0.15) is 33.0 Å². The minimum Gasteiger partial charge on any atom is -0.318 e. The van der Waals surface area contributed by atoms with E-state index in [1.54, 1.807) is 18.2 Å². The summed E-state index contributed by atoms with van der Waals surface area (Å²) >= 11 is 12.3. The molecule has 31 heavy (non-hydrogen) atoms. The molecule has 6 nitrogen and oxygen atoms in total. The van der Waals surface area contributed by atoms with Crippen LogP contribution in [0.3, 0.4) is 0 Å². The molecule has 2 N–H and O–H groups in total. The van der Waals surface area contributed by atoms with E-state index < -0.39 is 0 Å². The molecule has 0 unspecified atom stereocenters. The molecule has 0 aliphatic carbocycles. The van der Waals surface area contributed by atoms with Gasteiger partial charge in [0.25, 0.3) is 5.91 Å². The quantitative estimate of drug-likeness (QED) is 0.400. The molecule has 8 heteroatoms. The number of carbonyl (C=O) groups is 1. The molecule has 0 atom stereocenters. The van der Waals surface area contributed by atoms with Gasteiger partial charge < -0.3 is 5.32 Å². The lowest BCUT2D eigenvalue weighted by molar-refractivity contribution is 0.102. The molecule has 2 aromatic carbocycles. The SMILES string of the molecule is Cc1ccc(-c2cc(C(=O)Nc3c(C)nn(Cc4ccc(Cl)cc4Cl)c3C)[nH]n2)cc1. The van der Waals surface area contributed by atoms with E-state index in [9.17, 15) is 4.79 Å². The molecule has 0 aliphatic heterocycles.